The van der Waals surface area contributed by atoms with Crippen molar-refractivity contribution in [2.45, 2.75) is 19.8 Å². The largest absolute Gasteiger partial charge is 0.273 e. The van der Waals surface area contributed by atoms with Crippen LogP contribution >= 0.6 is 0 Å². The molecule has 0 saturated heterocycles. The average Bonchev–Trinajstić information content (AvgIpc) is 2.51. The first-order valence-electron chi connectivity index (χ1n) is 6.96. The third-order valence-corrected chi connectivity index (χ3v) is 3.68. The van der Waals surface area contributed by atoms with Crippen LogP contribution in [0.3, 0.4) is 0 Å². The third-order valence-electron chi connectivity index (χ3n) is 3.68. The van der Waals surface area contributed by atoms with Crippen LogP contribution in [0.1, 0.15) is 24.0 Å². The molecule has 0 aliphatic carbocycles. The van der Waals surface area contributed by atoms with Crippen molar-refractivity contribution in [3.63, 3.8) is 0 Å². The molecule has 22 heavy (non-hydrogen) atoms. The maximum Gasteiger partial charge on any atom is 0.240 e. The highest BCUT2D eigenvalue weighted by Crippen LogP contribution is 2.28. The number of nitrogens with zero attached hydrogens (tertiary/aromatic N) is 1. The van der Waals surface area contributed by atoms with E-state index >= 15 is 0 Å². The van der Waals surface area contributed by atoms with E-state index in [0.29, 0.717) is 18.4 Å². The molecule has 1 N–H and O–H groups in total. The molecule has 1 heterocycles. The molecule has 1 aliphatic rings. The number of rotatable bonds is 2. The maximum absolute atomic E-state index is 13.9. The first-order chi connectivity index (χ1) is 10.5. The number of hydrogen-bond donors (Lipinski definition) is 1. The highest BCUT2D eigenvalue weighted by Gasteiger charge is 2.15. The molecular weight excluding hydrogens is 286 g/mol. The van der Waals surface area contributed by atoms with Crippen molar-refractivity contribution in [3.8, 4) is 11.1 Å². The Morgan fingerprint density at radius 3 is 2.55 bits per heavy atom. The summed E-state index contributed by atoms with van der Waals surface area (Å²) in [5.41, 5.74) is 5.81. The molecule has 0 radical (unpaired) electrons. The Balaban J connectivity index is 1.99. The van der Waals surface area contributed by atoms with Crippen molar-refractivity contribution in [2.75, 3.05) is 0 Å². The number of aryl methyl sites for hydroxylation is 1. The molecule has 0 spiro atoms. The normalized spacial score (nSPS) is 14.5. The monoisotopic (exact) mass is 300 g/mol. The summed E-state index contributed by atoms with van der Waals surface area (Å²) in [6, 6.07) is 8.84. The summed E-state index contributed by atoms with van der Waals surface area (Å²) in [6.45, 7) is 1.84. The molecule has 0 saturated carbocycles. The highest BCUT2D eigenvalue weighted by atomic mass is 19.1. The van der Waals surface area contributed by atoms with Gasteiger partial charge >= 0.3 is 0 Å². The fourth-order valence-corrected chi connectivity index (χ4v) is 2.53. The Labute approximate surface area is 126 Å². The van der Waals surface area contributed by atoms with Crippen molar-refractivity contribution in [3.05, 3.63) is 59.2 Å². The number of carbonyl (C=O) groups excluding carboxylic acids is 1. The van der Waals surface area contributed by atoms with Crippen molar-refractivity contribution >= 4 is 11.6 Å². The molecular formula is C17H14F2N2O. The zero-order valence-corrected chi connectivity index (χ0v) is 12.0. The van der Waals surface area contributed by atoms with Gasteiger partial charge in [-0.25, -0.2) is 14.2 Å². The van der Waals surface area contributed by atoms with Crippen LogP contribution in [0, 0.1) is 18.6 Å². The molecule has 0 bridgehead atoms. The van der Waals surface area contributed by atoms with E-state index in [1.165, 1.54) is 6.07 Å². The minimum atomic E-state index is -0.473. The average molecular weight is 300 g/mol. The lowest BCUT2D eigenvalue weighted by molar-refractivity contribution is -0.121. The SMILES string of the molecule is Cc1cc(C2=NNC(=O)CC2)ccc1-c1cc(F)ccc1F. The van der Waals surface area contributed by atoms with E-state index in [1.54, 1.807) is 6.07 Å². The molecule has 0 aromatic heterocycles. The number of hydrogen-bond acceptors (Lipinski definition) is 2. The van der Waals surface area contributed by atoms with Gasteiger partial charge in [-0.3, -0.25) is 4.79 Å². The minimum Gasteiger partial charge on any atom is -0.273 e. The number of carbonyl (C=O) groups is 1. The topological polar surface area (TPSA) is 41.5 Å². The van der Waals surface area contributed by atoms with Crippen LogP contribution in [-0.2, 0) is 4.79 Å². The van der Waals surface area contributed by atoms with Gasteiger partial charge in [-0.05, 0) is 47.9 Å². The van der Waals surface area contributed by atoms with E-state index in [-0.39, 0.29) is 11.5 Å². The zero-order valence-electron chi connectivity index (χ0n) is 12.0. The summed E-state index contributed by atoms with van der Waals surface area (Å²) < 4.78 is 27.2. The Bertz CT molecular complexity index is 784. The smallest absolute Gasteiger partial charge is 0.240 e. The first kappa shape index (κ1) is 14.4. The molecule has 1 aliphatic heterocycles. The predicted octanol–water partition coefficient (Wildman–Crippen LogP) is 3.55. The van der Waals surface area contributed by atoms with Gasteiger partial charge < -0.3 is 0 Å². The number of halogens is 2. The summed E-state index contributed by atoms with van der Waals surface area (Å²) in [6.07, 6.45) is 0.969. The summed E-state index contributed by atoms with van der Waals surface area (Å²) in [7, 11) is 0. The van der Waals surface area contributed by atoms with Gasteiger partial charge in [0.15, 0.2) is 0 Å². The molecule has 112 valence electrons. The molecule has 5 heteroatoms. The summed E-state index contributed by atoms with van der Waals surface area (Å²) in [4.78, 5) is 11.1. The molecule has 1 amide bonds. The summed E-state index contributed by atoms with van der Waals surface area (Å²) in [5, 5.41) is 4.04. The zero-order chi connectivity index (χ0) is 15.7. The lowest BCUT2D eigenvalue weighted by Gasteiger charge is -2.14. The fraction of sp³-hybridized carbons (Fsp3) is 0.176. The van der Waals surface area contributed by atoms with Gasteiger partial charge in [0.25, 0.3) is 0 Å². The lowest BCUT2D eigenvalue weighted by atomic mass is 9.95. The van der Waals surface area contributed by atoms with Gasteiger partial charge in [-0.2, -0.15) is 5.10 Å². The molecule has 0 fully saturated rings. The van der Waals surface area contributed by atoms with Crippen LogP contribution in [0.4, 0.5) is 8.78 Å². The Morgan fingerprint density at radius 2 is 1.86 bits per heavy atom. The van der Waals surface area contributed by atoms with E-state index in [2.05, 4.69) is 10.5 Å². The van der Waals surface area contributed by atoms with Gasteiger partial charge in [0.1, 0.15) is 11.6 Å². The number of hydrazone groups is 1. The second kappa shape index (κ2) is 5.67. The molecule has 0 atom stereocenters. The van der Waals surface area contributed by atoms with Crippen LogP contribution in [0.2, 0.25) is 0 Å². The Morgan fingerprint density at radius 1 is 1.05 bits per heavy atom. The third kappa shape index (κ3) is 2.74. The lowest BCUT2D eigenvalue weighted by Crippen LogP contribution is -2.25. The Kier molecular flexibility index (Phi) is 3.71. The highest BCUT2D eigenvalue weighted by molar-refractivity contribution is 6.04. The van der Waals surface area contributed by atoms with Gasteiger partial charge in [0, 0.05) is 18.4 Å². The van der Waals surface area contributed by atoms with Crippen molar-refractivity contribution in [1.82, 2.24) is 5.43 Å². The van der Waals surface area contributed by atoms with E-state index in [1.807, 2.05) is 19.1 Å². The minimum absolute atomic E-state index is 0.0982. The maximum atomic E-state index is 13.9. The van der Waals surface area contributed by atoms with Crippen molar-refractivity contribution < 1.29 is 13.6 Å². The van der Waals surface area contributed by atoms with Crippen LogP contribution in [0.25, 0.3) is 11.1 Å². The van der Waals surface area contributed by atoms with Crippen molar-refractivity contribution in [1.29, 1.82) is 0 Å². The van der Waals surface area contributed by atoms with Crippen molar-refractivity contribution in [2.24, 2.45) is 5.10 Å². The predicted molar refractivity (Wildman–Crippen MR) is 80.4 cm³/mol. The van der Waals surface area contributed by atoms with E-state index < -0.39 is 11.6 Å². The van der Waals surface area contributed by atoms with E-state index in [9.17, 15) is 13.6 Å². The number of benzene rings is 2. The van der Waals surface area contributed by atoms with Crippen LogP contribution in [0.5, 0.6) is 0 Å². The first-order valence-corrected chi connectivity index (χ1v) is 6.96. The van der Waals surface area contributed by atoms with Crippen LogP contribution < -0.4 is 5.43 Å². The van der Waals surface area contributed by atoms with Gasteiger partial charge in [0.05, 0.1) is 5.71 Å². The van der Waals surface area contributed by atoms with Gasteiger partial charge in [0.2, 0.25) is 5.91 Å². The molecule has 0 unspecified atom stereocenters. The number of amides is 1. The molecule has 3 rings (SSSR count). The summed E-state index contributed by atoms with van der Waals surface area (Å²) in [5.74, 6) is -1.03. The standard InChI is InChI=1S/C17H14F2N2O/c1-10-8-11(16-6-7-17(22)21-20-16)2-4-13(10)14-9-12(18)3-5-15(14)19/h2-5,8-9H,6-7H2,1H3,(H,21,22). The second-order valence-corrected chi connectivity index (χ2v) is 5.25. The van der Waals surface area contributed by atoms with Gasteiger partial charge in [-0.15, -0.1) is 0 Å². The molecule has 2 aromatic rings. The Hall–Kier alpha value is -2.56. The second-order valence-electron chi connectivity index (χ2n) is 5.25. The number of nitrogens with one attached hydrogen (secondary N) is 1. The molecule has 2 aromatic carbocycles. The van der Waals surface area contributed by atoms with E-state index in [4.69, 9.17) is 0 Å². The van der Waals surface area contributed by atoms with Crippen LogP contribution in [-0.4, -0.2) is 11.6 Å². The van der Waals surface area contributed by atoms with Crippen LogP contribution in [0.15, 0.2) is 41.5 Å². The fourth-order valence-electron chi connectivity index (χ4n) is 2.53. The van der Waals surface area contributed by atoms with E-state index in [0.717, 1.165) is 29.0 Å². The molecule has 3 nitrogen and oxygen atoms in total. The summed E-state index contributed by atoms with van der Waals surface area (Å²) >= 11 is 0. The van der Waals surface area contributed by atoms with Gasteiger partial charge in [-0.1, -0.05) is 12.1 Å². The quantitative estimate of drug-likeness (QED) is 0.905.